The molecule has 36 heavy (non-hydrogen) atoms. The number of rotatable bonds is 5. The second kappa shape index (κ2) is 6.59. The van der Waals surface area contributed by atoms with Crippen molar-refractivity contribution < 1.29 is 39.1 Å². The van der Waals surface area contributed by atoms with Gasteiger partial charge in [0.05, 0.1) is 17.3 Å². The fourth-order valence-electron chi connectivity index (χ4n) is 8.83. The van der Waals surface area contributed by atoms with Crippen molar-refractivity contribution in [2.75, 3.05) is 0 Å². The number of ketones is 2. The highest BCUT2D eigenvalue weighted by Gasteiger charge is 2.98. The Hall–Kier alpha value is -2.26. The number of aliphatic hydroxyl groups excluding tert-OH is 1. The van der Waals surface area contributed by atoms with E-state index in [0.717, 1.165) is 0 Å². The summed E-state index contributed by atoms with van der Waals surface area (Å²) in [5.74, 6) is -6.70. The molecule has 2 saturated heterocycles. The molecule has 0 radical (unpaired) electrons. The lowest BCUT2D eigenvalue weighted by Crippen LogP contribution is -2.70. The first-order chi connectivity index (χ1) is 16.7. The molecule has 0 unspecified atom stereocenters. The van der Waals surface area contributed by atoms with Crippen LogP contribution in [0.25, 0.3) is 0 Å². The van der Waals surface area contributed by atoms with Gasteiger partial charge in [0, 0.05) is 29.4 Å². The number of allylic oxidation sites excluding steroid dienone is 3. The van der Waals surface area contributed by atoms with Crippen LogP contribution in [0, 0.1) is 22.7 Å². The summed E-state index contributed by atoms with van der Waals surface area (Å²) in [6.45, 7) is 10.3. The lowest BCUT2D eigenvalue weighted by molar-refractivity contribution is -0.452. The summed E-state index contributed by atoms with van der Waals surface area (Å²) in [6, 6.07) is 0. The second-order valence-corrected chi connectivity index (χ2v) is 11.8. The summed E-state index contributed by atoms with van der Waals surface area (Å²) in [5.41, 5.74) is -5.91. The molecule has 5 aliphatic rings. The topological polar surface area (TPSA) is 123 Å². The van der Waals surface area contributed by atoms with Gasteiger partial charge in [0.25, 0.3) is 0 Å². The zero-order valence-corrected chi connectivity index (χ0v) is 21.5. The van der Waals surface area contributed by atoms with Crippen LogP contribution in [-0.4, -0.2) is 55.8 Å². The van der Waals surface area contributed by atoms with E-state index in [4.69, 9.17) is 14.2 Å². The first-order valence-electron chi connectivity index (χ1n) is 12.7. The van der Waals surface area contributed by atoms with Crippen molar-refractivity contribution >= 4 is 11.6 Å². The summed E-state index contributed by atoms with van der Waals surface area (Å²) in [7, 11) is 0. The highest BCUT2D eigenvalue weighted by molar-refractivity contribution is 6.01. The maximum atomic E-state index is 13.8. The van der Waals surface area contributed by atoms with Crippen LogP contribution >= 0.6 is 0 Å². The summed E-state index contributed by atoms with van der Waals surface area (Å²) in [5, 5.41) is 36.6. The van der Waals surface area contributed by atoms with Crippen LogP contribution in [0.5, 0.6) is 0 Å². The van der Waals surface area contributed by atoms with Crippen molar-refractivity contribution in [3.8, 4) is 0 Å². The molecule has 0 amide bonds. The third-order valence-corrected chi connectivity index (χ3v) is 10.2. The van der Waals surface area contributed by atoms with E-state index in [2.05, 4.69) is 0 Å². The molecule has 8 nitrogen and oxygen atoms in total. The molecule has 5 rings (SSSR count). The molecule has 0 bridgehead atoms. The highest BCUT2D eigenvalue weighted by Crippen LogP contribution is 2.85. The Labute approximate surface area is 210 Å². The molecule has 194 valence electrons. The van der Waals surface area contributed by atoms with Crippen molar-refractivity contribution in [2.24, 2.45) is 22.7 Å². The Morgan fingerprint density at radius 1 is 1.00 bits per heavy atom. The molecule has 0 saturated carbocycles. The molecule has 0 aromatic heterocycles. The van der Waals surface area contributed by atoms with Crippen LogP contribution in [-0.2, 0) is 23.8 Å². The third-order valence-electron chi connectivity index (χ3n) is 10.2. The zero-order valence-electron chi connectivity index (χ0n) is 21.5. The minimum absolute atomic E-state index is 0.0845. The van der Waals surface area contributed by atoms with E-state index < -0.39 is 51.5 Å². The lowest BCUT2D eigenvalue weighted by atomic mass is 9.41. The maximum Gasteiger partial charge on any atom is 0.209 e. The Bertz CT molecular complexity index is 1240. The summed E-state index contributed by atoms with van der Waals surface area (Å²) in [6.07, 6.45) is 7.47. The van der Waals surface area contributed by atoms with Gasteiger partial charge < -0.3 is 29.5 Å². The van der Waals surface area contributed by atoms with Crippen molar-refractivity contribution in [3.05, 3.63) is 47.0 Å². The Morgan fingerprint density at radius 3 is 2.22 bits per heavy atom. The van der Waals surface area contributed by atoms with E-state index in [1.165, 1.54) is 0 Å². The predicted octanol–water partition coefficient (Wildman–Crippen LogP) is 3.15. The molecule has 0 aromatic carbocycles. The molecule has 3 N–H and O–H groups in total. The number of carbonyl (C=O) groups excluding carboxylic acids is 2. The van der Waals surface area contributed by atoms with E-state index in [9.17, 15) is 24.9 Å². The van der Waals surface area contributed by atoms with Crippen LogP contribution < -0.4 is 0 Å². The second-order valence-electron chi connectivity index (χ2n) is 11.8. The highest BCUT2D eigenvalue weighted by atomic mass is 16.8. The van der Waals surface area contributed by atoms with Gasteiger partial charge in [-0.15, -0.1) is 0 Å². The van der Waals surface area contributed by atoms with E-state index in [1.807, 2.05) is 26.0 Å². The smallest absolute Gasteiger partial charge is 0.209 e. The van der Waals surface area contributed by atoms with Gasteiger partial charge in [-0.25, -0.2) is 0 Å². The minimum Gasteiger partial charge on any atom is -0.511 e. The van der Waals surface area contributed by atoms with Gasteiger partial charge in [0.2, 0.25) is 11.6 Å². The molecule has 3 aliphatic heterocycles. The minimum atomic E-state index is -2.11. The molecular weight excluding hydrogens is 464 g/mol. The van der Waals surface area contributed by atoms with Gasteiger partial charge in [0.1, 0.15) is 28.8 Å². The van der Waals surface area contributed by atoms with Crippen LogP contribution in [0.1, 0.15) is 60.8 Å². The summed E-state index contributed by atoms with van der Waals surface area (Å²) >= 11 is 0. The van der Waals surface area contributed by atoms with E-state index in [0.29, 0.717) is 12.0 Å². The number of hydrogen-bond acceptors (Lipinski definition) is 8. The number of Topliss-reactive ketones (excluding diaryl/α,β-unsaturated/α-hetero) is 2. The molecule has 0 aromatic rings. The van der Waals surface area contributed by atoms with Gasteiger partial charge in [-0.2, -0.15) is 0 Å². The van der Waals surface area contributed by atoms with Crippen molar-refractivity contribution in [2.45, 2.75) is 89.7 Å². The first kappa shape index (κ1) is 24.1. The largest absolute Gasteiger partial charge is 0.511 e. The Morgan fingerprint density at radius 2 is 1.61 bits per heavy atom. The number of hydrogen-bond donors (Lipinski definition) is 3. The number of fused-ring (bicyclic) bond motifs is 10. The van der Waals surface area contributed by atoms with Gasteiger partial charge in [-0.05, 0) is 54.0 Å². The molecular formula is C28H34O8. The third kappa shape index (κ3) is 2.02. The molecule has 9 atom stereocenters. The first-order valence-corrected chi connectivity index (χ1v) is 12.7. The van der Waals surface area contributed by atoms with Crippen molar-refractivity contribution in [3.63, 3.8) is 0 Å². The SMILES string of the molecule is C/C=C/CCC(=O)C1=C(O)[C@@]2(C)[C@H]3C4=C(O[C@@H](/C=C/C)CC4=O)[C@@]4(C)[C@@H]1[C@]1(C)O[C@@]4(O)[C@@]3(C)O[C@@]12O. The van der Waals surface area contributed by atoms with Gasteiger partial charge in [-0.1, -0.05) is 18.2 Å². The normalized spacial score (nSPS) is 52.2. The molecule has 0 spiro atoms. The number of aliphatic hydroxyl groups is 3. The van der Waals surface area contributed by atoms with Crippen LogP contribution in [0.2, 0.25) is 0 Å². The van der Waals surface area contributed by atoms with Gasteiger partial charge >= 0.3 is 0 Å². The summed E-state index contributed by atoms with van der Waals surface area (Å²) < 4.78 is 19.3. The molecule has 8 heteroatoms. The fraction of sp³-hybridized carbons (Fsp3) is 0.643. The Balaban J connectivity index is 1.71. The zero-order chi connectivity index (χ0) is 26.3. The average molecular weight is 499 g/mol. The molecule has 3 heterocycles. The van der Waals surface area contributed by atoms with Crippen LogP contribution in [0.15, 0.2) is 47.0 Å². The number of carbonyl (C=O) groups is 2. The predicted molar refractivity (Wildman–Crippen MR) is 127 cm³/mol. The van der Waals surface area contributed by atoms with Gasteiger partial charge in [-0.3, -0.25) is 9.59 Å². The van der Waals surface area contributed by atoms with E-state index in [-0.39, 0.29) is 41.5 Å². The Kier molecular flexibility index (Phi) is 4.41. The number of ether oxygens (including phenoxy) is 3. The van der Waals surface area contributed by atoms with Crippen LogP contribution in [0.3, 0.4) is 0 Å². The molecule has 2 aliphatic carbocycles. The van der Waals surface area contributed by atoms with Gasteiger partial charge in [0.15, 0.2) is 11.6 Å². The molecule has 2 fully saturated rings. The van der Waals surface area contributed by atoms with E-state index >= 15 is 0 Å². The lowest BCUT2D eigenvalue weighted by Gasteiger charge is -2.59. The fourth-order valence-corrected chi connectivity index (χ4v) is 8.83. The van der Waals surface area contributed by atoms with Crippen molar-refractivity contribution in [1.82, 2.24) is 0 Å². The van der Waals surface area contributed by atoms with Crippen molar-refractivity contribution in [1.29, 1.82) is 0 Å². The maximum absolute atomic E-state index is 13.8. The quantitative estimate of drug-likeness (QED) is 0.390. The summed E-state index contributed by atoms with van der Waals surface area (Å²) in [4.78, 5) is 27.5. The standard InChI is InChI=1S/C28H34O8/c1-7-9-10-12-15(29)17-19-24(4)22-18(16(30)13-14(34-22)11-8-2)20-23(3,21(17)31)27(32)25(19,5)36-28(24,33)26(20,6)35-27/h7-9,11,14,19-20,31-33H,10,12-13H2,1-6H3/b9-7+,11-8+/t14-,19+,20+,23+,24+,25-,26-,27+,28+/m0/s1. The monoisotopic (exact) mass is 498 g/mol. The average Bonchev–Trinajstić information content (AvgIpc) is 3.11. The van der Waals surface area contributed by atoms with E-state index in [1.54, 1.807) is 39.8 Å². The van der Waals surface area contributed by atoms with Crippen LogP contribution in [0.4, 0.5) is 0 Å².